The van der Waals surface area contributed by atoms with E-state index in [0.717, 1.165) is 12.1 Å². The van der Waals surface area contributed by atoms with E-state index in [1.807, 2.05) is 0 Å². The van der Waals surface area contributed by atoms with Gasteiger partial charge in [-0.2, -0.15) is 0 Å². The lowest BCUT2D eigenvalue weighted by atomic mass is 10.1. The number of amides is 2. The van der Waals surface area contributed by atoms with Gasteiger partial charge in [-0.25, -0.2) is 8.78 Å². The lowest BCUT2D eigenvalue weighted by molar-refractivity contribution is 0.0303. The zero-order valence-corrected chi connectivity index (χ0v) is 13.3. The maximum atomic E-state index is 13.3. The van der Waals surface area contributed by atoms with Gasteiger partial charge < -0.3 is 15.0 Å². The third kappa shape index (κ3) is 4.00. The predicted octanol–water partition coefficient (Wildman–Crippen LogP) is 2.69. The molecule has 1 fully saturated rings. The molecule has 0 aromatic heterocycles. The molecule has 0 radical (unpaired) electrons. The third-order valence-corrected chi connectivity index (χ3v) is 3.83. The number of ether oxygens (including phenoxy) is 1. The SMILES string of the molecule is O=C(Nc1ccccc1C(=O)N1CCOCC1)c1cc(F)cc(F)c1. The molecule has 25 heavy (non-hydrogen) atoms. The smallest absolute Gasteiger partial charge is 0.256 e. The third-order valence-electron chi connectivity index (χ3n) is 3.83. The van der Waals surface area contributed by atoms with Crippen molar-refractivity contribution in [3.8, 4) is 0 Å². The first-order valence-corrected chi connectivity index (χ1v) is 7.78. The summed E-state index contributed by atoms with van der Waals surface area (Å²) in [6, 6.07) is 9.08. The van der Waals surface area contributed by atoms with Gasteiger partial charge in [-0.15, -0.1) is 0 Å². The second-order valence-electron chi connectivity index (χ2n) is 5.56. The van der Waals surface area contributed by atoms with Crippen LogP contribution in [-0.4, -0.2) is 43.0 Å². The van der Waals surface area contributed by atoms with Gasteiger partial charge in [0.05, 0.1) is 24.5 Å². The molecule has 2 aromatic carbocycles. The number of hydrogen-bond donors (Lipinski definition) is 1. The Labute approximate surface area is 143 Å². The zero-order valence-electron chi connectivity index (χ0n) is 13.3. The van der Waals surface area contributed by atoms with Crippen molar-refractivity contribution in [1.82, 2.24) is 4.90 Å². The van der Waals surface area contributed by atoms with Crippen LogP contribution in [0.25, 0.3) is 0 Å². The summed E-state index contributed by atoms with van der Waals surface area (Å²) < 4.78 is 31.8. The summed E-state index contributed by atoms with van der Waals surface area (Å²) in [5.41, 5.74) is 0.439. The molecule has 2 amide bonds. The van der Waals surface area contributed by atoms with E-state index >= 15 is 0 Å². The topological polar surface area (TPSA) is 58.6 Å². The van der Waals surface area contributed by atoms with Gasteiger partial charge >= 0.3 is 0 Å². The minimum atomic E-state index is -0.845. The van der Waals surface area contributed by atoms with Gasteiger partial charge in [0.25, 0.3) is 11.8 Å². The lowest BCUT2D eigenvalue weighted by Crippen LogP contribution is -2.41. The highest BCUT2D eigenvalue weighted by atomic mass is 19.1. The molecule has 1 heterocycles. The number of carbonyl (C=O) groups is 2. The summed E-state index contributed by atoms with van der Waals surface area (Å²) in [5, 5.41) is 2.55. The number of para-hydroxylation sites is 1. The van der Waals surface area contributed by atoms with Crippen molar-refractivity contribution in [2.45, 2.75) is 0 Å². The van der Waals surface area contributed by atoms with Crippen LogP contribution in [0.4, 0.5) is 14.5 Å². The van der Waals surface area contributed by atoms with Crippen LogP contribution in [0.15, 0.2) is 42.5 Å². The molecule has 0 aliphatic carbocycles. The fourth-order valence-electron chi connectivity index (χ4n) is 2.59. The predicted molar refractivity (Wildman–Crippen MR) is 87.5 cm³/mol. The van der Waals surface area contributed by atoms with Gasteiger partial charge in [0, 0.05) is 24.7 Å². The van der Waals surface area contributed by atoms with Crippen molar-refractivity contribution in [3.05, 3.63) is 65.2 Å². The minimum Gasteiger partial charge on any atom is -0.378 e. The first-order valence-electron chi connectivity index (χ1n) is 7.78. The Hall–Kier alpha value is -2.80. The largest absolute Gasteiger partial charge is 0.378 e. The van der Waals surface area contributed by atoms with Crippen molar-refractivity contribution in [2.75, 3.05) is 31.6 Å². The number of anilines is 1. The number of carbonyl (C=O) groups excluding carboxylic acids is 2. The molecule has 0 saturated carbocycles. The minimum absolute atomic E-state index is 0.161. The molecule has 1 N–H and O–H groups in total. The van der Waals surface area contributed by atoms with E-state index in [4.69, 9.17) is 4.74 Å². The molecule has 1 saturated heterocycles. The Bertz CT molecular complexity index is 784. The van der Waals surface area contributed by atoms with E-state index in [1.54, 1.807) is 29.2 Å². The van der Waals surface area contributed by atoms with Gasteiger partial charge in [-0.1, -0.05) is 12.1 Å². The molecule has 7 heteroatoms. The van der Waals surface area contributed by atoms with Gasteiger partial charge in [0.1, 0.15) is 11.6 Å². The molecule has 0 unspecified atom stereocenters. The molecule has 130 valence electrons. The van der Waals surface area contributed by atoms with Crippen LogP contribution in [0.2, 0.25) is 0 Å². The van der Waals surface area contributed by atoms with E-state index in [-0.39, 0.29) is 17.2 Å². The second-order valence-corrected chi connectivity index (χ2v) is 5.56. The van der Waals surface area contributed by atoms with Crippen LogP contribution in [0.1, 0.15) is 20.7 Å². The van der Waals surface area contributed by atoms with Crippen LogP contribution in [0.3, 0.4) is 0 Å². The number of morpholine rings is 1. The van der Waals surface area contributed by atoms with Gasteiger partial charge in [-0.05, 0) is 24.3 Å². The molecule has 1 aliphatic rings. The number of nitrogens with zero attached hydrogens (tertiary/aromatic N) is 1. The molecule has 2 aromatic rings. The summed E-state index contributed by atoms with van der Waals surface area (Å²) in [4.78, 5) is 26.6. The average molecular weight is 346 g/mol. The molecular weight excluding hydrogens is 330 g/mol. The first-order chi connectivity index (χ1) is 12.0. The lowest BCUT2D eigenvalue weighted by Gasteiger charge is -2.27. The normalized spacial score (nSPS) is 14.2. The van der Waals surface area contributed by atoms with Crippen LogP contribution in [0, 0.1) is 11.6 Å². The number of halogens is 2. The number of benzene rings is 2. The van der Waals surface area contributed by atoms with Crippen molar-refractivity contribution < 1.29 is 23.1 Å². The summed E-state index contributed by atoms with van der Waals surface area (Å²) in [7, 11) is 0. The summed E-state index contributed by atoms with van der Waals surface area (Å²) in [5.74, 6) is -2.61. The maximum absolute atomic E-state index is 13.3. The van der Waals surface area contributed by atoms with Gasteiger partial charge in [0.15, 0.2) is 0 Å². The highest BCUT2D eigenvalue weighted by Gasteiger charge is 2.22. The first kappa shape index (κ1) is 17.0. The fourth-order valence-corrected chi connectivity index (χ4v) is 2.59. The molecule has 1 aliphatic heterocycles. The van der Waals surface area contributed by atoms with Gasteiger partial charge in [0.2, 0.25) is 0 Å². The Morgan fingerprint density at radius 2 is 1.64 bits per heavy atom. The molecule has 0 spiro atoms. The van der Waals surface area contributed by atoms with E-state index < -0.39 is 17.5 Å². The van der Waals surface area contributed by atoms with Crippen LogP contribution < -0.4 is 5.32 Å². The van der Waals surface area contributed by atoms with Crippen LogP contribution in [0.5, 0.6) is 0 Å². The number of rotatable bonds is 3. The standard InChI is InChI=1S/C18H16F2N2O3/c19-13-9-12(10-14(20)11-13)17(23)21-16-4-2-1-3-15(16)18(24)22-5-7-25-8-6-22/h1-4,9-11H,5-8H2,(H,21,23). The summed E-state index contributed by atoms with van der Waals surface area (Å²) in [6.07, 6.45) is 0. The number of hydrogen-bond acceptors (Lipinski definition) is 3. The zero-order chi connectivity index (χ0) is 17.8. The van der Waals surface area contributed by atoms with Crippen LogP contribution in [-0.2, 0) is 4.74 Å². The van der Waals surface area contributed by atoms with Gasteiger partial charge in [-0.3, -0.25) is 9.59 Å². The van der Waals surface area contributed by atoms with Crippen LogP contribution >= 0.6 is 0 Å². The highest BCUT2D eigenvalue weighted by Crippen LogP contribution is 2.19. The fraction of sp³-hybridized carbons (Fsp3) is 0.222. The van der Waals surface area contributed by atoms with E-state index in [9.17, 15) is 18.4 Å². The highest BCUT2D eigenvalue weighted by molar-refractivity contribution is 6.09. The Morgan fingerprint density at radius 3 is 2.32 bits per heavy atom. The Morgan fingerprint density at radius 1 is 1.00 bits per heavy atom. The Kier molecular flexibility index (Phi) is 5.04. The molecule has 0 atom stereocenters. The quantitative estimate of drug-likeness (QED) is 0.930. The summed E-state index contributed by atoms with van der Waals surface area (Å²) >= 11 is 0. The average Bonchev–Trinajstić information content (AvgIpc) is 2.61. The molecule has 0 bridgehead atoms. The van der Waals surface area contributed by atoms with E-state index in [1.165, 1.54) is 0 Å². The summed E-state index contributed by atoms with van der Waals surface area (Å²) in [6.45, 7) is 1.86. The van der Waals surface area contributed by atoms with E-state index in [2.05, 4.69) is 5.32 Å². The van der Waals surface area contributed by atoms with Crippen molar-refractivity contribution >= 4 is 17.5 Å². The monoisotopic (exact) mass is 346 g/mol. The van der Waals surface area contributed by atoms with E-state index in [0.29, 0.717) is 37.9 Å². The molecule has 5 nitrogen and oxygen atoms in total. The number of nitrogens with one attached hydrogen (secondary N) is 1. The maximum Gasteiger partial charge on any atom is 0.256 e. The van der Waals surface area contributed by atoms with Crippen molar-refractivity contribution in [1.29, 1.82) is 0 Å². The Balaban J connectivity index is 1.83. The molecule has 3 rings (SSSR count). The van der Waals surface area contributed by atoms with Crippen molar-refractivity contribution in [2.24, 2.45) is 0 Å². The van der Waals surface area contributed by atoms with Crippen molar-refractivity contribution in [3.63, 3.8) is 0 Å². The second kappa shape index (κ2) is 7.40. The molecular formula is C18H16F2N2O3.